The average molecular weight is 236 g/mol. The Balaban J connectivity index is 2.30. The Hall–Kier alpha value is -1.60. The zero-order valence-corrected chi connectivity index (χ0v) is 11.1. The first-order valence-corrected chi connectivity index (χ1v) is 6.77. The van der Waals surface area contributed by atoms with Gasteiger partial charge in [-0.05, 0) is 5.56 Å². The van der Waals surface area contributed by atoms with Crippen molar-refractivity contribution in [3.8, 4) is 0 Å². The molecule has 0 aliphatic heterocycles. The summed E-state index contributed by atoms with van der Waals surface area (Å²) in [6.45, 7) is 6.26. The van der Waals surface area contributed by atoms with Crippen molar-refractivity contribution in [2.45, 2.75) is 12.0 Å². The van der Waals surface area contributed by atoms with Gasteiger partial charge in [0, 0.05) is 5.04 Å². The summed E-state index contributed by atoms with van der Waals surface area (Å²) in [5.74, 6) is 0. The van der Waals surface area contributed by atoms with Gasteiger partial charge in [0.2, 0.25) is 0 Å². The van der Waals surface area contributed by atoms with E-state index in [1.165, 1.54) is 10.8 Å². The Bertz CT molecular complexity index is 475. The summed E-state index contributed by atoms with van der Waals surface area (Å²) >= 11 is 0. The Labute approximate surface area is 106 Å². The lowest BCUT2D eigenvalue weighted by Crippen LogP contribution is -2.35. The molecule has 0 saturated heterocycles. The molecule has 0 bridgehead atoms. The zero-order chi connectivity index (χ0) is 12.1. The van der Waals surface area contributed by atoms with Crippen LogP contribution in [0.2, 0.25) is 0 Å². The molecule has 2 rings (SSSR count). The van der Waals surface area contributed by atoms with E-state index in [0.717, 1.165) is 0 Å². The van der Waals surface area contributed by atoms with Crippen LogP contribution in [0.5, 0.6) is 0 Å². The number of allylic oxidation sites excluding steroid dienone is 1. The van der Waals surface area contributed by atoms with Gasteiger partial charge in [-0.2, -0.15) is 0 Å². The van der Waals surface area contributed by atoms with Crippen molar-refractivity contribution in [2.24, 2.45) is 0 Å². The SMILES string of the molecule is C=CC(C)([Si]c1ccccc1)c1ccccc1. The molecule has 0 heterocycles. The lowest BCUT2D eigenvalue weighted by molar-refractivity contribution is 0.854. The van der Waals surface area contributed by atoms with Crippen LogP contribution in [0.15, 0.2) is 73.3 Å². The molecule has 1 unspecified atom stereocenters. The van der Waals surface area contributed by atoms with Crippen LogP contribution in [0, 0.1) is 0 Å². The van der Waals surface area contributed by atoms with E-state index in [2.05, 4.69) is 80.2 Å². The molecule has 0 N–H and O–H groups in total. The minimum absolute atomic E-state index is 0.0304. The maximum absolute atomic E-state index is 4.01. The van der Waals surface area contributed by atoms with Crippen LogP contribution in [0.3, 0.4) is 0 Å². The van der Waals surface area contributed by atoms with Crippen molar-refractivity contribution in [3.05, 3.63) is 78.9 Å². The molecule has 2 aromatic rings. The third kappa shape index (κ3) is 2.74. The highest BCUT2D eigenvalue weighted by atomic mass is 28.2. The molecule has 0 nitrogen and oxygen atoms in total. The van der Waals surface area contributed by atoms with E-state index in [9.17, 15) is 0 Å². The Morgan fingerprint density at radius 2 is 1.47 bits per heavy atom. The van der Waals surface area contributed by atoms with Crippen LogP contribution in [-0.2, 0) is 5.04 Å². The largest absolute Gasteiger partial charge is 0.102 e. The summed E-state index contributed by atoms with van der Waals surface area (Å²) in [6, 6.07) is 21.2. The van der Waals surface area contributed by atoms with Crippen LogP contribution < -0.4 is 5.19 Å². The zero-order valence-electron chi connectivity index (χ0n) is 10.1. The third-order valence-electron chi connectivity index (χ3n) is 2.96. The van der Waals surface area contributed by atoms with Gasteiger partial charge in [0.05, 0.1) is 9.52 Å². The van der Waals surface area contributed by atoms with E-state index in [4.69, 9.17) is 0 Å². The van der Waals surface area contributed by atoms with E-state index in [1.54, 1.807) is 0 Å². The summed E-state index contributed by atoms with van der Waals surface area (Å²) in [4.78, 5) is 0. The van der Waals surface area contributed by atoms with E-state index in [-0.39, 0.29) is 5.04 Å². The lowest BCUT2D eigenvalue weighted by atomic mass is 10.0. The Morgan fingerprint density at radius 1 is 0.941 bits per heavy atom. The van der Waals surface area contributed by atoms with Crippen molar-refractivity contribution < 1.29 is 0 Å². The number of hydrogen-bond acceptors (Lipinski definition) is 0. The minimum atomic E-state index is 0.0304. The monoisotopic (exact) mass is 236 g/mol. The molecule has 0 aromatic heterocycles. The molecule has 0 aliphatic carbocycles. The smallest absolute Gasteiger partial charge is 0.0980 e. The van der Waals surface area contributed by atoms with Gasteiger partial charge >= 0.3 is 0 Å². The molecule has 0 aliphatic rings. The van der Waals surface area contributed by atoms with Crippen LogP contribution >= 0.6 is 0 Å². The maximum atomic E-state index is 4.01. The van der Waals surface area contributed by atoms with Gasteiger partial charge in [0.25, 0.3) is 0 Å². The van der Waals surface area contributed by atoms with Gasteiger partial charge in [-0.15, -0.1) is 6.58 Å². The fraction of sp³-hybridized carbons (Fsp3) is 0.125. The highest BCUT2D eigenvalue weighted by molar-refractivity contribution is 6.57. The first-order chi connectivity index (χ1) is 8.24. The average Bonchev–Trinajstić information content (AvgIpc) is 2.41. The second-order valence-corrected chi connectivity index (χ2v) is 6.13. The highest BCUT2D eigenvalue weighted by Crippen LogP contribution is 2.23. The van der Waals surface area contributed by atoms with E-state index >= 15 is 0 Å². The van der Waals surface area contributed by atoms with Crippen molar-refractivity contribution in [3.63, 3.8) is 0 Å². The lowest BCUT2D eigenvalue weighted by Gasteiger charge is -2.25. The third-order valence-corrected chi connectivity index (χ3v) is 4.59. The van der Waals surface area contributed by atoms with Gasteiger partial charge in [-0.1, -0.05) is 78.9 Å². The second-order valence-electron chi connectivity index (χ2n) is 4.26. The van der Waals surface area contributed by atoms with Gasteiger partial charge in [0.15, 0.2) is 0 Å². The van der Waals surface area contributed by atoms with Gasteiger partial charge < -0.3 is 0 Å². The molecule has 0 spiro atoms. The summed E-state index contributed by atoms with van der Waals surface area (Å²) in [6.07, 6.45) is 2.06. The van der Waals surface area contributed by atoms with Gasteiger partial charge in [-0.3, -0.25) is 0 Å². The standard InChI is InChI=1S/C16H16Si/c1-3-16(2,14-10-6-4-7-11-14)17-15-12-8-5-9-13-15/h3-13H,1H2,2H3. The number of hydrogen-bond donors (Lipinski definition) is 0. The molecular weight excluding hydrogens is 220 g/mol. The Kier molecular flexibility index (Phi) is 3.60. The number of rotatable bonds is 4. The van der Waals surface area contributed by atoms with Crippen LogP contribution in [0.1, 0.15) is 12.5 Å². The summed E-state index contributed by atoms with van der Waals surface area (Å²) in [7, 11) is 0.708. The van der Waals surface area contributed by atoms with Crippen LogP contribution in [-0.4, -0.2) is 9.52 Å². The predicted octanol–water partition coefficient (Wildman–Crippen LogP) is 3.12. The molecule has 0 saturated carbocycles. The normalized spacial score (nSPS) is 13.9. The maximum Gasteiger partial charge on any atom is 0.0980 e. The Morgan fingerprint density at radius 3 is 2.00 bits per heavy atom. The van der Waals surface area contributed by atoms with Crippen LogP contribution in [0.25, 0.3) is 0 Å². The molecule has 84 valence electrons. The van der Waals surface area contributed by atoms with E-state index in [0.29, 0.717) is 9.52 Å². The van der Waals surface area contributed by atoms with E-state index < -0.39 is 0 Å². The predicted molar refractivity (Wildman–Crippen MR) is 75.8 cm³/mol. The van der Waals surface area contributed by atoms with E-state index in [1.807, 2.05) is 0 Å². The molecule has 2 aromatic carbocycles. The summed E-state index contributed by atoms with van der Waals surface area (Å²) in [5, 5.41) is 1.40. The van der Waals surface area contributed by atoms with Crippen LogP contribution in [0.4, 0.5) is 0 Å². The molecule has 2 radical (unpaired) electrons. The van der Waals surface area contributed by atoms with Crippen molar-refractivity contribution in [2.75, 3.05) is 0 Å². The second kappa shape index (κ2) is 5.15. The first kappa shape index (κ1) is 11.9. The van der Waals surface area contributed by atoms with Crippen molar-refractivity contribution >= 4 is 14.7 Å². The topological polar surface area (TPSA) is 0 Å². The molecule has 1 atom stereocenters. The fourth-order valence-corrected chi connectivity index (χ4v) is 3.22. The minimum Gasteiger partial charge on any atom is -0.102 e. The highest BCUT2D eigenvalue weighted by Gasteiger charge is 2.23. The number of benzene rings is 2. The fourth-order valence-electron chi connectivity index (χ4n) is 1.85. The van der Waals surface area contributed by atoms with Crippen molar-refractivity contribution in [1.82, 2.24) is 0 Å². The quantitative estimate of drug-likeness (QED) is 0.565. The molecule has 0 fully saturated rings. The first-order valence-electron chi connectivity index (χ1n) is 5.77. The van der Waals surface area contributed by atoms with Gasteiger partial charge in [0.1, 0.15) is 0 Å². The summed E-state index contributed by atoms with van der Waals surface area (Å²) in [5.41, 5.74) is 1.33. The molecular formula is C16H16Si. The molecule has 17 heavy (non-hydrogen) atoms. The molecule has 1 heteroatoms. The van der Waals surface area contributed by atoms with Gasteiger partial charge in [-0.25, -0.2) is 0 Å². The molecule has 0 amide bonds. The van der Waals surface area contributed by atoms with Crippen molar-refractivity contribution in [1.29, 1.82) is 0 Å². The summed E-state index contributed by atoms with van der Waals surface area (Å²) < 4.78 is 0.